The summed E-state index contributed by atoms with van der Waals surface area (Å²) in [5.74, 6) is 0.547. The lowest BCUT2D eigenvalue weighted by atomic mass is 10.3. The van der Waals surface area contributed by atoms with Crippen molar-refractivity contribution in [2.45, 2.75) is 19.9 Å². The molecule has 0 spiro atoms. The Kier molecular flexibility index (Phi) is 3.44. The van der Waals surface area contributed by atoms with Gasteiger partial charge in [-0.15, -0.1) is 11.3 Å². The van der Waals surface area contributed by atoms with E-state index in [1.165, 1.54) is 4.88 Å². The third-order valence-electron chi connectivity index (χ3n) is 2.98. The zero-order valence-corrected chi connectivity index (χ0v) is 13.4. The molecule has 0 aliphatic carbocycles. The van der Waals surface area contributed by atoms with E-state index in [0.717, 1.165) is 26.0 Å². The van der Waals surface area contributed by atoms with Gasteiger partial charge in [-0.05, 0) is 47.2 Å². The van der Waals surface area contributed by atoms with Gasteiger partial charge in [0.2, 0.25) is 5.95 Å². The lowest BCUT2D eigenvalue weighted by Crippen LogP contribution is -2.04. The minimum atomic E-state index is 0.547. The third-order valence-corrected chi connectivity index (χ3v) is 4.78. The van der Waals surface area contributed by atoms with Crippen LogP contribution < -0.4 is 5.73 Å². The number of benzene rings is 1. The van der Waals surface area contributed by atoms with Crippen molar-refractivity contribution >= 4 is 50.9 Å². The average molecular weight is 384 g/mol. The molecule has 0 saturated carbocycles. The lowest BCUT2D eigenvalue weighted by molar-refractivity contribution is 0.829. The van der Waals surface area contributed by atoms with E-state index in [9.17, 15) is 0 Å². The third kappa shape index (κ3) is 2.46. The van der Waals surface area contributed by atoms with Crippen LogP contribution in [0.4, 0.5) is 5.95 Å². The van der Waals surface area contributed by atoms with Crippen molar-refractivity contribution in [3.63, 3.8) is 0 Å². The van der Waals surface area contributed by atoms with E-state index in [1.807, 2.05) is 16.8 Å². The van der Waals surface area contributed by atoms with Gasteiger partial charge in [-0.1, -0.05) is 6.92 Å². The van der Waals surface area contributed by atoms with Crippen LogP contribution in [0.15, 0.2) is 24.4 Å². The Balaban J connectivity index is 2.02. The zero-order valence-electron chi connectivity index (χ0n) is 10.4. The summed E-state index contributed by atoms with van der Waals surface area (Å²) in [7, 11) is 0. The van der Waals surface area contributed by atoms with Gasteiger partial charge in [-0.2, -0.15) is 0 Å². The van der Waals surface area contributed by atoms with Gasteiger partial charge in [0.25, 0.3) is 0 Å². The van der Waals surface area contributed by atoms with E-state index < -0.39 is 0 Å². The Morgan fingerprint density at radius 3 is 3.00 bits per heavy atom. The van der Waals surface area contributed by atoms with Crippen LogP contribution in [0.3, 0.4) is 0 Å². The molecule has 3 aromatic rings. The maximum atomic E-state index is 6.02. The average Bonchev–Trinajstić information content (AvgIpc) is 2.95. The molecule has 0 unspecified atom stereocenters. The topological polar surface area (TPSA) is 56.7 Å². The van der Waals surface area contributed by atoms with Gasteiger partial charge < -0.3 is 10.3 Å². The first-order valence-corrected chi connectivity index (χ1v) is 7.91. The summed E-state index contributed by atoms with van der Waals surface area (Å²) >= 11 is 4.02. The van der Waals surface area contributed by atoms with Crippen molar-refractivity contribution in [3.05, 3.63) is 37.9 Å². The minimum absolute atomic E-state index is 0.547. The normalized spacial score (nSPS) is 11.3. The minimum Gasteiger partial charge on any atom is -0.369 e. The number of aromatic nitrogens is 3. The maximum Gasteiger partial charge on any atom is 0.201 e. The summed E-state index contributed by atoms with van der Waals surface area (Å²) in [6.45, 7) is 2.83. The monoisotopic (exact) mass is 384 g/mol. The highest BCUT2D eigenvalue weighted by molar-refractivity contribution is 14.1. The number of nitrogens with two attached hydrogens (primary N) is 1. The van der Waals surface area contributed by atoms with E-state index in [0.29, 0.717) is 12.5 Å². The van der Waals surface area contributed by atoms with Crippen LogP contribution in [-0.2, 0) is 13.0 Å². The molecule has 0 saturated heterocycles. The van der Waals surface area contributed by atoms with Crippen LogP contribution >= 0.6 is 33.9 Å². The fourth-order valence-corrected chi connectivity index (χ4v) is 3.33. The first-order chi connectivity index (χ1) is 9.17. The number of halogens is 1. The molecule has 98 valence electrons. The fourth-order valence-electron chi connectivity index (χ4n) is 2.01. The number of anilines is 1. The van der Waals surface area contributed by atoms with Gasteiger partial charge in [-0.25, -0.2) is 9.97 Å². The zero-order chi connectivity index (χ0) is 13.4. The van der Waals surface area contributed by atoms with E-state index >= 15 is 0 Å². The van der Waals surface area contributed by atoms with E-state index in [4.69, 9.17) is 5.73 Å². The first-order valence-electron chi connectivity index (χ1n) is 6.02. The quantitative estimate of drug-likeness (QED) is 0.706. The van der Waals surface area contributed by atoms with Gasteiger partial charge in [0.05, 0.1) is 17.6 Å². The number of thiazole rings is 1. The SMILES string of the molecule is CCc1cnc(Cn2c(N)nc3cc(I)ccc32)s1. The summed E-state index contributed by atoms with van der Waals surface area (Å²) in [5.41, 5.74) is 8.02. The highest BCUT2D eigenvalue weighted by Crippen LogP contribution is 2.23. The number of hydrogen-bond donors (Lipinski definition) is 1. The number of nitrogen functional groups attached to an aromatic ring is 1. The fraction of sp³-hybridized carbons (Fsp3) is 0.231. The molecule has 0 aliphatic heterocycles. The molecular weight excluding hydrogens is 371 g/mol. The molecule has 3 rings (SSSR count). The summed E-state index contributed by atoms with van der Waals surface area (Å²) in [6, 6.07) is 6.18. The van der Waals surface area contributed by atoms with Gasteiger partial charge in [0.15, 0.2) is 0 Å². The predicted molar refractivity (Wildman–Crippen MR) is 87.5 cm³/mol. The number of imidazole rings is 1. The molecule has 19 heavy (non-hydrogen) atoms. The second kappa shape index (κ2) is 5.09. The van der Waals surface area contributed by atoms with Crippen molar-refractivity contribution in [2.75, 3.05) is 5.73 Å². The highest BCUT2D eigenvalue weighted by Gasteiger charge is 2.10. The maximum absolute atomic E-state index is 6.02. The molecule has 6 heteroatoms. The Labute approximate surface area is 128 Å². The van der Waals surface area contributed by atoms with Crippen LogP contribution in [0.2, 0.25) is 0 Å². The molecule has 0 aliphatic rings. The summed E-state index contributed by atoms with van der Waals surface area (Å²) in [6.07, 6.45) is 2.97. The smallest absolute Gasteiger partial charge is 0.201 e. The van der Waals surface area contributed by atoms with Crippen LogP contribution in [0.5, 0.6) is 0 Å². The number of hydrogen-bond acceptors (Lipinski definition) is 4. The molecular formula is C13H13IN4S. The van der Waals surface area contributed by atoms with Crippen molar-refractivity contribution in [1.82, 2.24) is 14.5 Å². The first kappa shape index (κ1) is 12.9. The number of nitrogens with zero attached hydrogens (tertiary/aromatic N) is 3. The summed E-state index contributed by atoms with van der Waals surface area (Å²) in [4.78, 5) is 10.1. The summed E-state index contributed by atoms with van der Waals surface area (Å²) in [5, 5.41) is 1.07. The predicted octanol–water partition coefficient (Wildman–Crippen LogP) is 3.29. The second-order valence-electron chi connectivity index (χ2n) is 4.26. The number of rotatable bonds is 3. The van der Waals surface area contributed by atoms with Gasteiger partial charge in [0.1, 0.15) is 5.01 Å². The molecule has 0 fully saturated rings. The van der Waals surface area contributed by atoms with Crippen LogP contribution in [-0.4, -0.2) is 14.5 Å². The molecule has 2 N–H and O–H groups in total. The Hall–Kier alpha value is -1.15. The number of aryl methyl sites for hydroxylation is 1. The van der Waals surface area contributed by atoms with Crippen molar-refractivity contribution in [1.29, 1.82) is 0 Å². The van der Waals surface area contributed by atoms with Gasteiger partial charge >= 0.3 is 0 Å². The van der Waals surface area contributed by atoms with Crippen LogP contribution in [0.1, 0.15) is 16.8 Å². The van der Waals surface area contributed by atoms with Gasteiger partial charge in [0, 0.05) is 14.6 Å². The molecule has 4 nitrogen and oxygen atoms in total. The Morgan fingerprint density at radius 1 is 1.42 bits per heavy atom. The molecule has 1 aromatic carbocycles. The van der Waals surface area contributed by atoms with E-state index in [1.54, 1.807) is 11.3 Å². The molecule has 0 atom stereocenters. The molecule has 2 heterocycles. The largest absolute Gasteiger partial charge is 0.369 e. The molecule has 0 bridgehead atoms. The second-order valence-corrected chi connectivity index (χ2v) is 6.71. The van der Waals surface area contributed by atoms with E-state index in [2.05, 4.69) is 51.6 Å². The molecule has 2 aromatic heterocycles. The van der Waals surface area contributed by atoms with Gasteiger partial charge in [-0.3, -0.25) is 0 Å². The van der Waals surface area contributed by atoms with Crippen molar-refractivity contribution in [2.24, 2.45) is 0 Å². The van der Waals surface area contributed by atoms with Crippen LogP contribution in [0, 0.1) is 3.57 Å². The molecule has 0 amide bonds. The summed E-state index contributed by atoms with van der Waals surface area (Å²) < 4.78 is 3.18. The van der Waals surface area contributed by atoms with Crippen molar-refractivity contribution in [3.8, 4) is 0 Å². The van der Waals surface area contributed by atoms with E-state index in [-0.39, 0.29) is 0 Å². The Bertz CT molecular complexity index is 731. The highest BCUT2D eigenvalue weighted by atomic mass is 127. The van der Waals surface area contributed by atoms with Crippen LogP contribution in [0.25, 0.3) is 11.0 Å². The van der Waals surface area contributed by atoms with Crippen molar-refractivity contribution < 1.29 is 0 Å². The molecule has 0 radical (unpaired) electrons. The standard InChI is InChI=1S/C13H13IN4S/c1-2-9-6-16-12(19-9)7-18-11-4-3-8(14)5-10(11)17-13(18)15/h3-6H,2,7H2,1H3,(H2,15,17). The number of fused-ring (bicyclic) bond motifs is 1. The lowest BCUT2D eigenvalue weighted by Gasteiger charge is -2.03. The Morgan fingerprint density at radius 2 is 2.26 bits per heavy atom.